The summed E-state index contributed by atoms with van der Waals surface area (Å²) in [5.74, 6) is 0. The van der Waals surface area contributed by atoms with Gasteiger partial charge in [-0.3, -0.25) is 0 Å². The normalized spacial score (nSPS) is 10.1. The number of hydrogen-bond donors (Lipinski definition) is 0. The standard InChI is InChI=1S/C20H17N/c1-17(18-11-5-2-6-12-18)21(19-13-7-3-8-14-19)20-15-9-4-10-16-20/h2-16H,1H2. The molecule has 0 saturated heterocycles. The average Bonchev–Trinajstić information content (AvgIpc) is 2.58. The van der Waals surface area contributed by atoms with Gasteiger partial charge < -0.3 is 4.90 Å². The summed E-state index contributed by atoms with van der Waals surface area (Å²) in [6, 6.07) is 30.9. The van der Waals surface area contributed by atoms with Crippen molar-refractivity contribution in [3.05, 3.63) is 103 Å². The first-order valence-corrected chi connectivity index (χ1v) is 7.01. The topological polar surface area (TPSA) is 3.24 Å². The number of para-hydroxylation sites is 2. The van der Waals surface area contributed by atoms with Gasteiger partial charge in [0.05, 0.1) is 0 Å². The van der Waals surface area contributed by atoms with Crippen molar-refractivity contribution in [2.24, 2.45) is 0 Å². The van der Waals surface area contributed by atoms with Gasteiger partial charge >= 0.3 is 0 Å². The molecule has 102 valence electrons. The molecule has 0 aliphatic heterocycles. The Hall–Kier alpha value is -2.80. The third kappa shape index (κ3) is 2.87. The molecule has 1 heteroatoms. The van der Waals surface area contributed by atoms with Crippen molar-refractivity contribution in [2.75, 3.05) is 4.90 Å². The molecule has 0 aromatic heterocycles. The maximum atomic E-state index is 4.30. The highest BCUT2D eigenvalue weighted by atomic mass is 15.1. The molecule has 0 radical (unpaired) electrons. The highest BCUT2D eigenvalue weighted by molar-refractivity contribution is 5.86. The first-order valence-electron chi connectivity index (χ1n) is 7.01. The maximum Gasteiger partial charge on any atom is 0.0462 e. The van der Waals surface area contributed by atoms with Gasteiger partial charge in [0.2, 0.25) is 0 Å². The summed E-state index contributed by atoms with van der Waals surface area (Å²) in [4.78, 5) is 2.18. The Bertz CT molecular complexity index is 663. The second kappa shape index (κ2) is 6.10. The molecule has 0 fully saturated rings. The Labute approximate surface area is 125 Å². The Balaban J connectivity index is 2.07. The molecule has 0 aliphatic rings. The van der Waals surface area contributed by atoms with Crippen LogP contribution in [0.3, 0.4) is 0 Å². The van der Waals surface area contributed by atoms with Crippen molar-refractivity contribution >= 4 is 17.1 Å². The summed E-state index contributed by atoms with van der Waals surface area (Å²) in [6.45, 7) is 4.30. The van der Waals surface area contributed by atoms with E-state index in [4.69, 9.17) is 0 Å². The minimum Gasteiger partial charge on any atom is -0.311 e. The van der Waals surface area contributed by atoms with Gasteiger partial charge in [-0.05, 0) is 29.8 Å². The summed E-state index contributed by atoms with van der Waals surface area (Å²) in [6.07, 6.45) is 0. The number of hydrogen-bond acceptors (Lipinski definition) is 1. The van der Waals surface area contributed by atoms with Gasteiger partial charge in [-0.25, -0.2) is 0 Å². The lowest BCUT2D eigenvalue weighted by molar-refractivity contribution is 1.30. The van der Waals surface area contributed by atoms with Crippen molar-refractivity contribution in [3.63, 3.8) is 0 Å². The molecule has 0 bridgehead atoms. The van der Waals surface area contributed by atoms with Gasteiger partial charge in [0, 0.05) is 17.1 Å². The Kier molecular flexibility index (Phi) is 3.83. The summed E-state index contributed by atoms with van der Waals surface area (Å²) in [7, 11) is 0. The maximum absolute atomic E-state index is 4.30. The van der Waals surface area contributed by atoms with Crippen LogP contribution in [0.15, 0.2) is 97.6 Å². The highest BCUT2D eigenvalue weighted by Gasteiger charge is 2.13. The zero-order valence-electron chi connectivity index (χ0n) is 11.8. The predicted octanol–water partition coefficient (Wildman–Crippen LogP) is 5.50. The highest BCUT2D eigenvalue weighted by Crippen LogP contribution is 2.33. The van der Waals surface area contributed by atoms with Crippen LogP contribution in [0.1, 0.15) is 5.56 Å². The molecule has 21 heavy (non-hydrogen) atoms. The van der Waals surface area contributed by atoms with Crippen LogP contribution >= 0.6 is 0 Å². The zero-order valence-corrected chi connectivity index (χ0v) is 11.8. The molecule has 0 unspecified atom stereocenters. The molecule has 0 amide bonds. The summed E-state index contributed by atoms with van der Waals surface area (Å²) >= 11 is 0. The van der Waals surface area contributed by atoms with E-state index in [-0.39, 0.29) is 0 Å². The molecule has 0 spiro atoms. The van der Waals surface area contributed by atoms with Gasteiger partial charge in [0.15, 0.2) is 0 Å². The summed E-state index contributed by atoms with van der Waals surface area (Å²) in [5.41, 5.74) is 4.30. The van der Waals surface area contributed by atoms with Gasteiger partial charge in [0.25, 0.3) is 0 Å². The quantitative estimate of drug-likeness (QED) is 0.606. The fourth-order valence-electron chi connectivity index (χ4n) is 2.37. The SMILES string of the molecule is C=C(c1ccccc1)N(c1ccccc1)c1ccccc1. The first kappa shape index (κ1) is 13.2. The smallest absolute Gasteiger partial charge is 0.0462 e. The Morgan fingerprint density at radius 2 is 0.952 bits per heavy atom. The van der Waals surface area contributed by atoms with Crippen molar-refractivity contribution in [1.29, 1.82) is 0 Å². The molecule has 1 nitrogen and oxygen atoms in total. The zero-order chi connectivity index (χ0) is 14.5. The predicted molar refractivity (Wildman–Crippen MR) is 90.5 cm³/mol. The van der Waals surface area contributed by atoms with Gasteiger partial charge in [-0.2, -0.15) is 0 Å². The number of nitrogens with zero attached hydrogens (tertiary/aromatic N) is 1. The Morgan fingerprint density at radius 3 is 1.38 bits per heavy atom. The van der Waals surface area contributed by atoms with Gasteiger partial charge in [0.1, 0.15) is 0 Å². The molecule has 0 atom stereocenters. The van der Waals surface area contributed by atoms with E-state index in [1.54, 1.807) is 0 Å². The Morgan fingerprint density at radius 1 is 0.571 bits per heavy atom. The second-order valence-corrected chi connectivity index (χ2v) is 4.82. The molecule has 0 heterocycles. The van der Waals surface area contributed by atoms with Crippen LogP contribution in [0.2, 0.25) is 0 Å². The lowest BCUT2D eigenvalue weighted by Gasteiger charge is -2.27. The van der Waals surface area contributed by atoms with E-state index in [2.05, 4.69) is 47.9 Å². The van der Waals surface area contributed by atoms with E-state index in [1.165, 1.54) is 0 Å². The van der Waals surface area contributed by atoms with Crippen LogP contribution < -0.4 is 4.90 Å². The van der Waals surface area contributed by atoms with Gasteiger partial charge in [-0.15, -0.1) is 0 Å². The number of benzene rings is 3. The molecule has 3 aromatic carbocycles. The van der Waals surface area contributed by atoms with Crippen LogP contribution in [0.25, 0.3) is 5.70 Å². The molecule has 3 aromatic rings. The van der Waals surface area contributed by atoms with E-state index in [0.717, 1.165) is 22.6 Å². The van der Waals surface area contributed by atoms with Crippen molar-refractivity contribution in [2.45, 2.75) is 0 Å². The minimum atomic E-state index is 0.966. The van der Waals surface area contributed by atoms with E-state index < -0.39 is 0 Å². The third-order valence-corrected chi connectivity index (χ3v) is 3.41. The van der Waals surface area contributed by atoms with E-state index in [1.807, 2.05) is 54.6 Å². The van der Waals surface area contributed by atoms with Crippen LogP contribution in [0.5, 0.6) is 0 Å². The monoisotopic (exact) mass is 271 g/mol. The second-order valence-electron chi connectivity index (χ2n) is 4.82. The van der Waals surface area contributed by atoms with Crippen molar-refractivity contribution in [1.82, 2.24) is 0 Å². The largest absolute Gasteiger partial charge is 0.311 e. The molecule has 0 N–H and O–H groups in total. The van der Waals surface area contributed by atoms with Crippen molar-refractivity contribution < 1.29 is 0 Å². The average molecular weight is 271 g/mol. The lowest BCUT2D eigenvalue weighted by Crippen LogP contribution is -2.14. The molecular weight excluding hydrogens is 254 g/mol. The summed E-state index contributed by atoms with van der Waals surface area (Å²) < 4.78 is 0. The van der Waals surface area contributed by atoms with Crippen LogP contribution in [-0.2, 0) is 0 Å². The van der Waals surface area contributed by atoms with E-state index in [0.29, 0.717) is 0 Å². The lowest BCUT2D eigenvalue weighted by atomic mass is 10.1. The molecule has 0 aliphatic carbocycles. The minimum absolute atomic E-state index is 0.966. The van der Waals surface area contributed by atoms with Crippen LogP contribution in [-0.4, -0.2) is 0 Å². The van der Waals surface area contributed by atoms with Crippen molar-refractivity contribution in [3.8, 4) is 0 Å². The summed E-state index contributed by atoms with van der Waals surface area (Å²) in [5, 5.41) is 0. The van der Waals surface area contributed by atoms with Crippen LogP contribution in [0, 0.1) is 0 Å². The number of anilines is 2. The van der Waals surface area contributed by atoms with Gasteiger partial charge in [-0.1, -0.05) is 73.3 Å². The first-order chi connectivity index (χ1) is 10.4. The fraction of sp³-hybridized carbons (Fsp3) is 0. The molecule has 0 saturated carbocycles. The van der Waals surface area contributed by atoms with Crippen LogP contribution in [0.4, 0.5) is 11.4 Å². The number of rotatable bonds is 4. The van der Waals surface area contributed by atoms with E-state index in [9.17, 15) is 0 Å². The molecular formula is C20H17N. The molecule has 3 rings (SSSR count). The third-order valence-electron chi connectivity index (χ3n) is 3.41. The fourth-order valence-corrected chi connectivity index (χ4v) is 2.37. The van der Waals surface area contributed by atoms with E-state index >= 15 is 0 Å².